The molecule has 0 spiro atoms. The van der Waals surface area contributed by atoms with E-state index in [1.54, 1.807) is 18.4 Å². The van der Waals surface area contributed by atoms with Crippen LogP contribution >= 0.6 is 11.3 Å². The van der Waals surface area contributed by atoms with Crippen LogP contribution in [0, 0.1) is 5.92 Å². The molecule has 1 aromatic rings. The van der Waals surface area contributed by atoms with Gasteiger partial charge < -0.3 is 10.5 Å². The van der Waals surface area contributed by atoms with E-state index in [1.165, 1.54) is 17.7 Å². The van der Waals surface area contributed by atoms with Crippen LogP contribution in [0.15, 0.2) is 12.1 Å². The maximum atomic E-state index is 6.04. The van der Waals surface area contributed by atoms with Crippen LogP contribution in [0.3, 0.4) is 0 Å². The highest BCUT2D eigenvalue weighted by Gasteiger charge is 2.28. The first kappa shape index (κ1) is 11.0. The molecule has 15 heavy (non-hydrogen) atoms. The molecule has 0 saturated heterocycles. The Labute approximate surface area is 95.4 Å². The molecule has 0 radical (unpaired) electrons. The van der Waals surface area contributed by atoms with Crippen LogP contribution in [-0.4, -0.2) is 13.2 Å². The molecule has 3 heteroatoms. The van der Waals surface area contributed by atoms with Crippen molar-refractivity contribution in [3.8, 4) is 5.06 Å². The minimum absolute atomic E-state index is 0.388. The number of methoxy groups -OCH3 is 1. The van der Waals surface area contributed by atoms with Crippen molar-refractivity contribution in [3.05, 3.63) is 17.0 Å². The topological polar surface area (TPSA) is 35.2 Å². The van der Waals surface area contributed by atoms with Crippen LogP contribution in [0.4, 0.5) is 0 Å². The zero-order chi connectivity index (χ0) is 10.8. The fraction of sp³-hybridized carbons (Fsp3) is 0.667. The van der Waals surface area contributed by atoms with Gasteiger partial charge in [-0.3, -0.25) is 0 Å². The number of nitrogens with two attached hydrogens (primary N) is 1. The summed E-state index contributed by atoms with van der Waals surface area (Å²) >= 11 is 1.77. The van der Waals surface area contributed by atoms with Gasteiger partial charge in [0.2, 0.25) is 0 Å². The van der Waals surface area contributed by atoms with Crippen molar-refractivity contribution in [1.29, 1.82) is 0 Å². The highest BCUT2D eigenvalue weighted by molar-refractivity contribution is 7.13. The van der Waals surface area contributed by atoms with Gasteiger partial charge in [-0.2, -0.15) is 0 Å². The summed E-state index contributed by atoms with van der Waals surface area (Å²) < 4.78 is 5.24. The van der Waals surface area contributed by atoms with Gasteiger partial charge >= 0.3 is 0 Å². The zero-order valence-electron chi connectivity index (χ0n) is 9.40. The van der Waals surface area contributed by atoms with Gasteiger partial charge in [-0.25, -0.2) is 0 Å². The molecule has 1 aliphatic carbocycles. The van der Waals surface area contributed by atoms with E-state index in [0.29, 0.717) is 12.0 Å². The predicted octanol–water partition coefficient (Wildman–Crippen LogP) is 2.99. The normalized spacial score (nSPS) is 31.5. The molecule has 0 bridgehead atoms. The molecule has 2 N–H and O–H groups in total. The summed E-state index contributed by atoms with van der Waals surface area (Å²) in [6.45, 7) is 2.34. The summed E-state index contributed by atoms with van der Waals surface area (Å²) in [5.74, 6) is 1.40. The van der Waals surface area contributed by atoms with E-state index in [-0.39, 0.29) is 0 Å². The summed E-state index contributed by atoms with van der Waals surface area (Å²) in [6.07, 6.45) is 3.57. The highest BCUT2D eigenvalue weighted by atomic mass is 32.1. The molecule has 1 fully saturated rings. The Kier molecular flexibility index (Phi) is 3.32. The average Bonchev–Trinajstić information content (AvgIpc) is 2.70. The van der Waals surface area contributed by atoms with Crippen molar-refractivity contribution in [1.82, 2.24) is 0 Å². The Morgan fingerprint density at radius 3 is 2.87 bits per heavy atom. The van der Waals surface area contributed by atoms with Crippen LogP contribution in [0.2, 0.25) is 0 Å². The van der Waals surface area contributed by atoms with Crippen LogP contribution in [0.25, 0.3) is 0 Å². The number of ether oxygens (including phenoxy) is 1. The second-order valence-electron chi connectivity index (χ2n) is 4.52. The summed E-state index contributed by atoms with van der Waals surface area (Å²) in [6, 6.07) is 4.65. The SMILES string of the molecule is COc1ccc(C2CC(N)CCC2C)s1. The monoisotopic (exact) mass is 225 g/mol. The van der Waals surface area contributed by atoms with E-state index < -0.39 is 0 Å². The average molecular weight is 225 g/mol. The lowest BCUT2D eigenvalue weighted by molar-refractivity contribution is 0.303. The lowest BCUT2D eigenvalue weighted by Crippen LogP contribution is -2.30. The van der Waals surface area contributed by atoms with Gasteiger partial charge in [0, 0.05) is 10.9 Å². The minimum atomic E-state index is 0.388. The second-order valence-corrected chi connectivity index (χ2v) is 5.60. The zero-order valence-corrected chi connectivity index (χ0v) is 10.2. The number of hydrogen-bond donors (Lipinski definition) is 1. The molecule has 84 valence electrons. The maximum Gasteiger partial charge on any atom is 0.173 e. The molecule has 3 unspecified atom stereocenters. The van der Waals surface area contributed by atoms with Crippen LogP contribution in [0.1, 0.15) is 37.0 Å². The molecule has 1 saturated carbocycles. The van der Waals surface area contributed by atoms with E-state index in [2.05, 4.69) is 19.1 Å². The van der Waals surface area contributed by atoms with Crippen molar-refractivity contribution in [2.45, 2.75) is 38.1 Å². The molecule has 1 aromatic heterocycles. The molecular formula is C12H19NOS. The largest absolute Gasteiger partial charge is 0.487 e. The summed E-state index contributed by atoms with van der Waals surface area (Å²) in [7, 11) is 1.73. The van der Waals surface area contributed by atoms with Gasteiger partial charge in [-0.05, 0) is 43.2 Å². The van der Waals surface area contributed by atoms with Gasteiger partial charge in [0.05, 0.1) is 7.11 Å². The Bertz CT molecular complexity index is 323. The number of hydrogen-bond acceptors (Lipinski definition) is 3. The molecule has 2 nitrogen and oxygen atoms in total. The van der Waals surface area contributed by atoms with Crippen LogP contribution in [0.5, 0.6) is 5.06 Å². The summed E-state index contributed by atoms with van der Waals surface area (Å²) in [4.78, 5) is 1.44. The van der Waals surface area contributed by atoms with E-state index in [1.807, 2.05) is 0 Å². The van der Waals surface area contributed by atoms with E-state index >= 15 is 0 Å². The van der Waals surface area contributed by atoms with Crippen molar-refractivity contribution < 1.29 is 4.74 Å². The number of thiophene rings is 1. The first-order valence-electron chi connectivity index (χ1n) is 5.60. The molecule has 0 amide bonds. The Balaban J connectivity index is 2.13. The van der Waals surface area contributed by atoms with Crippen molar-refractivity contribution in [3.63, 3.8) is 0 Å². The fourth-order valence-corrected chi connectivity index (χ4v) is 3.46. The highest BCUT2D eigenvalue weighted by Crippen LogP contribution is 2.41. The summed E-state index contributed by atoms with van der Waals surface area (Å²) in [5.41, 5.74) is 6.04. The summed E-state index contributed by atoms with van der Waals surface area (Å²) in [5, 5.41) is 1.01. The molecule has 2 rings (SSSR count). The Morgan fingerprint density at radius 2 is 2.20 bits per heavy atom. The van der Waals surface area contributed by atoms with Gasteiger partial charge in [0.1, 0.15) is 0 Å². The molecule has 0 aromatic carbocycles. The minimum Gasteiger partial charge on any atom is -0.487 e. The second kappa shape index (κ2) is 4.54. The van der Waals surface area contributed by atoms with Crippen molar-refractivity contribution in [2.24, 2.45) is 11.7 Å². The third kappa shape index (κ3) is 2.34. The molecule has 3 atom stereocenters. The maximum absolute atomic E-state index is 6.04. The van der Waals surface area contributed by atoms with Gasteiger partial charge in [0.15, 0.2) is 5.06 Å². The third-order valence-electron chi connectivity index (χ3n) is 3.41. The lowest BCUT2D eigenvalue weighted by Gasteiger charge is -2.31. The van der Waals surface area contributed by atoms with Crippen LogP contribution < -0.4 is 10.5 Å². The Hall–Kier alpha value is -0.540. The quantitative estimate of drug-likeness (QED) is 0.839. The van der Waals surface area contributed by atoms with Gasteiger partial charge in [0.25, 0.3) is 0 Å². The first-order valence-corrected chi connectivity index (χ1v) is 6.41. The number of rotatable bonds is 2. The van der Waals surface area contributed by atoms with Crippen molar-refractivity contribution in [2.75, 3.05) is 7.11 Å². The standard InChI is InChI=1S/C12H19NOS/c1-8-3-4-9(13)7-10(8)11-5-6-12(14-2)15-11/h5-6,8-10H,3-4,7,13H2,1-2H3. The van der Waals surface area contributed by atoms with Gasteiger partial charge in [-0.1, -0.05) is 6.92 Å². The Morgan fingerprint density at radius 1 is 1.40 bits per heavy atom. The smallest absolute Gasteiger partial charge is 0.173 e. The molecule has 0 aliphatic heterocycles. The van der Waals surface area contributed by atoms with Gasteiger partial charge in [-0.15, -0.1) is 11.3 Å². The van der Waals surface area contributed by atoms with E-state index in [0.717, 1.165) is 17.4 Å². The van der Waals surface area contributed by atoms with Crippen LogP contribution in [-0.2, 0) is 0 Å². The van der Waals surface area contributed by atoms with Crippen molar-refractivity contribution >= 4 is 11.3 Å². The van der Waals surface area contributed by atoms with E-state index in [4.69, 9.17) is 10.5 Å². The fourth-order valence-electron chi connectivity index (χ4n) is 2.39. The predicted molar refractivity (Wildman–Crippen MR) is 64.6 cm³/mol. The molecule has 1 heterocycles. The lowest BCUT2D eigenvalue weighted by atomic mass is 9.77. The first-order chi connectivity index (χ1) is 7.20. The van der Waals surface area contributed by atoms with E-state index in [9.17, 15) is 0 Å². The molecular weight excluding hydrogens is 206 g/mol. The molecule has 1 aliphatic rings. The third-order valence-corrected chi connectivity index (χ3v) is 4.58.